The second-order valence-electron chi connectivity index (χ2n) is 7.82. The van der Waals surface area contributed by atoms with Gasteiger partial charge in [-0.25, -0.2) is 4.99 Å². The van der Waals surface area contributed by atoms with E-state index in [9.17, 15) is 4.79 Å². The second-order valence-corrected chi connectivity index (χ2v) is 7.82. The van der Waals surface area contributed by atoms with E-state index in [2.05, 4.69) is 52.4 Å². The molecule has 0 bridgehead atoms. The van der Waals surface area contributed by atoms with Gasteiger partial charge in [0.05, 0.1) is 6.54 Å². The molecule has 2 aromatic rings. The summed E-state index contributed by atoms with van der Waals surface area (Å²) >= 11 is 0. The van der Waals surface area contributed by atoms with Crippen molar-refractivity contribution < 1.29 is 4.79 Å². The van der Waals surface area contributed by atoms with Crippen molar-refractivity contribution in [3.05, 3.63) is 71.3 Å². The van der Waals surface area contributed by atoms with Crippen LogP contribution < -0.4 is 5.32 Å². The van der Waals surface area contributed by atoms with Gasteiger partial charge in [0.2, 0.25) is 0 Å². The molecule has 1 amide bonds. The Morgan fingerprint density at radius 2 is 1.63 bits per heavy atom. The average Bonchev–Trinajstić information content (AvgIpc) is 2.78. The molecule has 1 heterocycles. The third kappa shape index (κ3) is 6.07. The van der Waals surface area contributed by atoms with E-state index in [1.54, 1.807) is 19.0 Å². The molecular formula is C24H33N5O. The fraction of sp³-hybridized carbons (Fsp3) is 0.417. The predicted molar refractivity (Wildman–Crippen MR) is 123 cm³/mol. The van der Waals surface area contributed by atoms with E-state index < -0.39 is 0 Å². The van der Waals surface area contributed by atoms with E-state index in [0.29, 0.717) is 12.1 Å². The van der Waals surface area contributed by atoms with Crippen molar-refractivity contribution in [2.24, 2.45) is 4.99 Å². The van der Waals surface area contributed by atoms with Gasteiger partial charge in [-0.2, -0.15) is 0 Å². The number of nitrogens with zero attached hydrogens (tertiary/aromatic N) is 4. The van der Waals surface area contributed by atoms with Crippen molar-refractivity contribution in [2.75, 3.05) is 46.8 Å². The second kappa shape index (κ2) is 10.8. The van der Waals surface area contributed by atoms with Crippen LogP contribution >= 0.6 is 0 Å². The number of amides is 1. The molecule has 1 fully saturated rings. The lowest BCUT2D eigenvalue weighted by Gasteiger charge is -2.36. The number of guanidine groups is 1. The summed E-state index contributed by atoms with van der Waals surface area (Å²) in [5.41, 5.74) is 3.17. The highest BCUT2D eigenvalue weighted by Crippen LogP contribution is 2.11. The molecular weight excluding hydrogens is 374 g/mol. The summed E-state index contributed by atoms with van der Waals surface area (Å²) in [6, 6.07) is 18.4. The minimum Gasteiger partial charge on any atom is -0.357 e. The van der Waals surface area contributed by atoms with E-state index in [-0.39, 0.29) is 5.91 Å². The number of aliphatic imine (C=N–C) groups is 1. The number of carbonyl (C=O) groups excluding carboxylic acids is 1. The first-order chi connectivity index (χ1) is 14.6. The lowest BCUT2D eigenvalue weighted by molar-refractivity contribution is 0.0827. The van der Waals surface area contributed by atoms with Gasteiger partial charge < -0.3 is 15.1 Å². The summed E-state index contributed by atoms with van der Waals surface area (Å²) in [7, 11) is 3.53. The number of hydrogen-bond acceptors (Lipinski definition) is 3. The summed E-state index contributed by atoms with van der Waals surface area (Å²) in [5, 5.41) is 3.43. The van der Waals surface area contributed by atoms with Crippen LogP contribution in [0.1, 0.15) is 28.4 Å². The minimum absolute atomic E-state index is 0.0202. The van der Waals surface area contributed by atoms with Gasteiger partial charge in [0.1, 0.15) is 0 Å². The Balaban J connectivity index is 1.56. The molecule has 0 radical (unpaired) electrons. The number of nitrogens with one attached hydrogen (secondary N) is 1. The number of benzene rings is 2. The van der Waals surface area contributed by atoms with E-state index in [4.69, 9.17) is 4.99 Å². The highest BCUT2D eigenvalue weighted by molar-refractivity contribution is 5.93. The maximum Gasteiger partial charge on any atom is 0.253 e. The molecule has 30 heavy (non-hydrogen) atoms. The Hall–Kier alpha value is -2.86. The average molecular weight is 408 g/mol. The van der Waals surface area contributed by atoms with Crippen molar-refractivity contribution in [3.63, 3.8) is 0 Å². The number of piperazine rings is 1. The zero-order chi connectivity index (χ0) is 21.3. The van der Waals surface area contributed by atoms with E-state index in [0.717, 1.165) is 50.8 Å². The monoisotopic (exact) mass is 407 g/mol. The SMILES string of the molecule is CCNC(=NCc1ccc(C(=O)N(C)C)cc1)N1CCN(Cc2ccccc2)CC1. The Labute approximate surface area is 180 Å². The van der Waals surface area contributed by atoms with Gasteiger partial charge in [0.25, 0.3) is 5.91 Å². The fourth-order valence-electron chi connectivity index (χ4n) is 3.56. The molecule has 0 saturated carbocycles. The summed E-state index contributed by atoms with van der Waals surface area (Å²) < 4.78 is 0. The van der Waals surface area contributed by atoms with Crippen LogP contribution in [0.4, 0.5) is 0 Å². The molecule has 1 saturated heterocycles. The van der Waals surface area contributed by atoms with Crippen LogP contribution in [0.3, 0.4) is 0 Å². The smallest absolute Gasteiger partial charge is 0.253 e. The Kier molecular flexibility index (Phi) is 7.85. The molecule has 160 valence electrons. The van der Waals surface area contributed by atoms with Gasteiger partial charge in [0.15, 0.2) is 5.96 Å². The normalized spacial score (nSPS) is 15.2. The summed E-state index contributed by atoms with van der Waals surface area (Å²) in [6.45, 7) is 8.54. The maximum atomic E-state index is 12.0. The molecule has 6 nitrogen and oxygen atoms in total. The van der Waals surface area contributed by atoms with E-state index in [1.165, 1.54) is 5.56 Å². The molecule has 1 N–H and O–H groups in total. The zero-order valence-electron chi connectivity index (χ0n) is 18.3. The number of rotatable bonds is 6. The summed E-state index contributed by atoms with van der Waals surface area (Å²) in [5.74, 6) is 0.983. The van der Waals surface area contributed by atoms with Crippen LogP contribution in [0.5, 0.6) is 0 Å². The Morgan fingerprint density at radius 3 is 2.23 bits per heavy atom. The van der Waals surface area contributed by atoms with Gasteiger partial charge >= 0.3 is 0 Å². The molecule has 6 heteroatoms. The van der Waals surface area contributed by atoms with Crippen molar-refractivity contribution in [3.8, 4) is 0 Å². The molecule has 0 atom stereocenters. The standard InChI is InChI=1S/C24H33N5O/c1-4-25-24(26-18-20-10-12-22(13-11-20)23(30)27(2)3)29-16-14-28(15-17-29)19-21-8-6-5-7-9-21/h5-13H,4,14-19H2,1-3H3,(H,25,26). The topological polar surface area (TPSA) is 51.2 Å². The highest BCUT2D eigenvalue weighted by atomic mass is 16.2. The lowest BCUT2D eigenvalue weighted by Crippen LogP contribution is -2.52. The molecule has 0 unspecified atom stereocenters. The highest BCUT2D eigenvalue weighted by Gasteiger charge is 2.19. The van der Waals surface area contributed by atoms with Gasteiger partial charge in [-0.1, -0.05) is 42.5 Å². The lowest BCUT2D eigenvalue weighted by atomic mass is 10.1. The van der Waals surface area contributed by atoms with Gasteiger partial charge in [-0.15, -0.1) is 0 Å². The summed E-state index contributed by atoms with van der Waals surface area (Å²) in [6.07, 6.45) is 0. The summed E-state index contributed by atoms with van der Waals surface area (Å²) in [4.78, 5) is 23.3. The fourth-order valence-corrected chi connectivity index (χ4v) is 3.56. The first-order valence-electron chi connectivity index (χ1n) is 10.7. The minimum atomic E-state index is 0.0202. The number of hydrogen-bond donors (Lipinski definition) is 1. The largest absolute Gasteiger partial charge is 0.357 e. The van der Waals surface area contributed by atoms with Crippen LogP contribution in [0.25, 0.3) is 0 Å². The van der Waals surface area contributed by atoms with Crippen molar-refractivity contribution >= 4 is 11.9 Å². The van der Waals surface area contributed by atoms with Crippen LogP contribution in [-0.2, 0) is 13.1 Å². The first kappa shape index (κ1) is 21.8. The molecule has 0 spiro atoms. The Morgan fingerprint density at radius 1 is 0.967 bits per heavy atom. The van der Waals surface area contributed by atoms with Crippen LogP contribution in [-0.4, -0.2) is 73.4 Å². The molecule has 0 aliphatic carbocycles. The maximum absolute atomic E-state index is 12.0. The first-order valence-corrected chi connectivity index (χ1v) is 10.7. The molecule has 2 aromatic carbocycles. The molecule has 0 aromatic heterocycles. The van der Waals surface area contributed by atoms with E-state index in [1.807, 2.05) is 24.3 Å². The zero-order valence-corrected chi connectivity index (χ0v) is 18.3. The molecule has 1 aliphatic heterocycles. The van der Waals surface area contributed by atoms with Crippen molar-refractivity contribution in [1.82, 2.24) is 20.0 Å². The van der Waals surface area contributed by atoms with Gasteiger partial charge in [-0.3, -0.25) is 9.69 Å². The van der Waals surface area contributed by atoms with Crippen LogP contribution in [0, 0.1) is 0 Å². The predicted octanol–water partition coefficient (Wildman–Crippen LogP) is 2.67. The van der Waals surface area contributed by atoms with E-state index >= 15 is 0 Å². The third-order valence-electron chi connectivity index (χ3n) is 5.27. The van der Waals surface area contributed by atoms with Crippen LogP contribution in [0.15, 0.2) is 59.6 Å². The van der Waals surface area contributed by atoms with Gasteiger partial charge in [-0.05, 0) is 30.2 Å². The van der Waals surface area contributed by atoms with Crippen LogP contribution in [0.2, 0.25) is 0 Å². The quantitative estimate of drug-likeness (QED) is 0.591. The van der Waals surface area contributed by atoms with Gasteiger partial charge in [0, 0.05) is 58.9 Å². The number of carbonyl (C=O) groups is 1. The molecule has 1 aliphatic rings. The Bertz CT molecular complexity index is 824. The van der Waals surface area contributed by atoms with Crippen molar-refractivity contribution in [2.45, 2.75) is 20.0 Å². The van der Waals surface area contributed by atoms with Crippen molar-refractivity contribution in [1.29, 1.82) is 0 Å². The molecule has 3 rings (SSSR count). The third-order valence-corrected chi connectivity index (χ3v) is 5.27.